The van der Waals surface area contributed by atoms with E-state index in [1.165, 1.54) is 16.0 Å². The van der Waals surface area contributed by atoms with Crippen molar-refractivity contribution in [2.75, 3.05) is 12.4 Å². The van der Waals surface area contributed by atoms with Crippen LogP contribution in [0.25, 0.3) is 0 Å². The van der Waals surface area contributed by atoms with Gasteiger partial charge in [0.15, 0.2) is 0 Å². The molecule has 0 radical (unpaired) electrons. The summed E-state index contributed by atoms with van der Waals surface area (Å²) in [5.41, 5.74) is 2.57. The second kappa shape index (κ2) is 5.23. The van der Waals surface area contributed by atoms with Gasteiger partial charge in [0.05, 0.1) is 0 Å². The molecule has 3 heteroatoms. The molecule has 0 saturated carbocycles. The first kappa shape index (κ1) is 12.0. The highest BCUT2D eigenvalue weighted by atomic mass is 32.2. The molecule has 0 aliphatic heterocycles. The van der Waals surface area contributed by atoms with Crippen molar-refractivity contribution in [2.45, 2.75) is 23.8 Å². The number of benzene rings is 1. The van der Waals surface area contributed by atoms with E-state index < -0.39 is 0 Å². The highest BCUT2D eigenvalue weighted by Crippen LogP contribution is 2.30. The van der Waals surface area contributed by atoms with Gasteiger partial charge in [-0.1, -0.05) is 30.0 Å². The van der Waals surface area contributed by atoms with Crippen LogP contribution in [-0.2, 0) is 0 Å². The molecule has 1 N–H and O–H groups in total. The molecule has 1 heterocycles. The zero-order chi connectivity index (χ0) is 12.3. The Kier molecular flexibility index (Phi) is 3.69. The summed E-state index contributed by atoms with van der Waals surface area (Å²) < 4.78 is 0. The van der Waals surface area contributed by atoms with Crippen LogP contribution in [-0.4, -0.2) is 12.0 Å². The molecule has 0 spiro atoms. The van der Waals surface area contributed by atoms with Crippen molar-refractivity contribution in [3.8, 4) is 0 Å². The van der Waals surface area contributed by atoms with Crippen LogP contribution < -0.4 is 5.32 Å². The summed E-state index contributed by atoms with van der Waals surface area (Å²) in [5.74, 6) is 0.903. The quantitative estimate of drug-likeness (QED) is 0.886. The molecule has 0 amide bonds. The maximum Gasteiger partial charge on any atom is 0.127 e. The molecule has 0 saturated heterocycles. The van der Waals surface area contributed by atoms with E-state index in [0.717, 1.165) is 10.8 Å². The van der Waals surface area contributed by atoms with Crippen LogP contribution in [0.1, 0.15) is 11.1 Å². The van der Waals surface area contributed by atoms with Gasteiger partial charge in [0.1, 0.15) is 10.8 Å². The zero-order valence-electron chi connectivity index (χ0n) is 10.3. The molecular weight excluding hydrogens is 228 g/mol. The molecule has 0 fully saturated rings. The fourth-order valence-corrected chi connectivity index (χ4v) is 2.53. The second-order valence-corrected chi connectivity index (χ2v) is 5.04. The van der Waals surface area contributed by atoms with Gasteiger partial charge in [-0.15, -0.1) is 0 Å². The average Bonchev–Trinajstić information content (AvgIpc) is 2.34. The Balaban J connectivity index is 2.27. The first-order valence-electron chi connectivity index (χ1n) is 5.59. The number of aromatic nitrogens is 1. The Hall–Kier alpha value is -1.48. The number of nitrogens with one attached hydrogen (secondary N) is 1. The first-order chi connectivity index (χ1) is 8.19. The summed E-state index contributed by atoms with van der Waals surface area (Å²) in [4.78, 5) is 5.78. The highest BCUT2D eigenvalue weighted by molar-refractivity contribution is 7.99. The van der Waals surface area contributed by atoms with Gasteiger partial charge in [-0.3, -0.25) is 0 Å². The minimum Gasteiger partial charge on any atom is -0.373 e. The van der Waals surface area contributed by atoms with Crippen LogP contribution in [0.3, 0.4) is 0 Å². The SMILES string of the molecule is CNc1cccc(Sc2cc(C)ccc2C)n1. The van der Waals surface area contributed by atoms with Crippen LogP contribution in [0.4, 0.5) is 5.82 Å². The summed E-state index contributed by atoms with van der Waals surface area (Å²) in [6, 6.07) is 12.5. The van der Waals surface area contributed by atoms with Gasteiger partial charge in [0.25, 0.3) is 0 Å². The number of pyridine rings is 1. The molecule has 2 rings (SSSR count). The van der Waals surface area contributed by atoms with Crippen molar-refractivity contribution in [2.24, 2.45) is 0 Å². The predicted octanol–water partition coefficient (Wildman–Crippen LogP) is 3.89. The molecule has 0 aliphatic rings. The van der Waals surface area contributed by atoms with Gasteiger partial charge in [0, 0.05) is 11.9 Å². The third-order valence-corrected chi connectivity index (χ3v) is 3.63. The van der Waals surface area contributed by atoms with Crippen LogP contribution in [0, 0.1) is 13.8 Å². The fourth-order valence-electron chi connectivity index (χ4n) is 1.54. The second-order valence-electron chi connectivity index (χ2n) is 3.98. The molecule has 0 atom stereocenters. The molecular formula is C14H16N2S. The summed E-state index contributed by atoms with van der Waals surface area (Å²) >= 11 is 1.71. The molecule has 0 bridgehead atoms. The van der Waals surface area contributed by atoms with Gasteiger partial charge in [0.2, 0.25) is 0 Å². The van der Waals surface area contributed by atoms with Crippen LogP contribution in [0.15, 0.2) is 46.3 Å². The minimum absolute atomic E-state index is 0.903. The number of anilines is 1. The number of rotatable bonds is 3. The molecule has 2 nitrogen and oxygen atoms in total. The van der Waals surface area contributed by atoms with E-state index in [9.17, 15) is 0 Å². The lowest BCUT2D eigenvalue weighted by molar-refractivity contribution is 1.12. The van der Waals surface area contributed by atoms with Crippen molar-refractivity contribution in [3.63, 3.8) is 0 Å². The van der Waals surface area contributed by atoms with Gasteiger partial charge < -0.3 is 5.32 Å². The van der Waals surface area contributed by atoms with Crippen LogP contribution >= 0.6 is 11.8 Å². The summed E-state index contributed by atoms with van der Waals surface area (Å²) in [6.45, 7) is 4.24. The Morgan fingerprint density at radius 3 is 2.71 bits per heavy atom. The largest absolute Gasteiger partial charge is 0.373 e. The number of hydrogen-bond acceptors (Lipinski definition) is 3. The average molecular weight is 244 g/mol. The normalized spacial score (nSPS) is 10.3. The van der Waals surface area contributed by atoms with Crippen molar-refractivity contribution >= 4 is 17.6 Å². The first-order valence-corrected chi connectivity index (χ1v) is 6.40. The maximum atomic E-state index is 4.51. The fraction of sp³-hybridized carbons (Fsp3) is 0.214. The van der Waals surface area contributed by atoms with Crippen molar-refractivity contribution in [1.29, 1.82) is 0 Å². The van der Waals surface area contributed by atoms with Gasteiger partial charge in [-0.25, -0.2) is 4.98 Å². The summed E-state index contributed by atoms with van der Waals surface area (Å²) in [7, 11) is 1.88. The number of hydrogen-bond donors (Lipinski definition) is 1. The highest BCUT2D eigenvalue weighted by Gasteiger charge is 2.03. The lowest BCUT2D eigenvalue weighted by atomic mass is 10.2. The Morgan fingerprint density at radius 1 is 1.12 bits per heavy atom. The number of aryl methyl sites for hydroxylation is 2. The standard InChI is InChI=1S/C14H16N2S/c1-10-7-8-11(2)12(9-10)17-14-6-4-5-13(15-3)16-14/h4-9H,1-3H3,(H,15,16). The predicted molar refractivity (Wildman–Crippen MR) is 73.8 cm³/mol. The Labute approximate surface area is 106 Å². The third-order valence-electron chi connectivity index (χ3n) is 2.54. The monoisotopic (exact) mass is 244 g/mol. The Morgan fingerprint density at radius 2 is 1.94 bits per heavy atom. The molecule has 1 aromatic carbocycles. The lowest BCUT2D eigenvalue weighted by Crippen LogP contribution is -1.92. The molecule has 0 aliphatic carbocycles. The third kappa shape index (κ3) is 3.01. The van der Waals surface area contributed by atoms with Crippen molar-refractivity contribution in [3.05, 3.63) is 47.5 Å². The topological polar surface area (TPSA) is 24.9 Å². The molecule has 17 heavy (non-hydrogen) atoms. The molecule has 2 aromatic rings. The van der Waals surface area contributed by atoms with E-state index >= 15 is 0 Å². The van der Waals surface area contributed by atoms with Gasteiger partial charge >= 0.3 is 0 Å². The smallest absolute Gasteiger partial charge is 0.127 e. The minimum atomic E-state index is 0.903. The van der Waals surface area contributed by atoms with E-state index in [0.29, 0.717) is 0 Å². The van der Waals surface area contributed by atoms with Gasteiger partial charge in [-0.2, -0.15) is 0 Å². The lowest BCUT2D eigenvalue weighted by Gasteiger charge is -2.07. The van der Waals surface area contributed by atoms with Crippen molar-refractivity contribution < 1.29 is 0 Å². The van der Waals surface area contributed by atoms with Gasteiger partial charge in [-0.05, 0) is 43.2 Å². The van der Waals surface area contributed by atoms with E-state index in [1.54, 1.807) is 11.8 Å². The summed E-state index contributed by atoms with van der Waals surface area (Å²) in [5, 5.41) is 4.07. The maximum absolute atomic E-state index is 4.51. The van der Waals surface area contributed by atoms with Crippen LogP contribution in [0.5, 0.6) is 0 Å². The number of nitrogens with zero attached hydrogens (tertiary/aromatic N) is 1. The van der Waals surface area contributed by atoms with E-state index in [-0.39, 0.29) is 0 Å². The van der Waals surface area contributed by atoms with E-state index in [2.05, 4.69) is 42.3 Å². The van der Waals surface area contributed by atoms with E-state index in [1.807, 2.05) is 25.2 Å². The van der Waals surface area contributed by atoms with Crippen molar-refractivity contribution in [1.82, 2.24) is 4.98 Å². The Bertz CT molecular complexity index is 523. The molecule has 1 aromatic heterocycles. The molecule has 0 unspecified atom stereocenters. The summed E-state index contributed by atoms with van der Waals surface area (Å²) in [6.07, 6.45) is 0. The molecule has 88 valence electrons. The van der Waals surface area contributed by atoms with Crippen LogP contribution in [0.2, 0.25) is 0 Å². The zero-order valence-corrected chi connectivity index (χ0v) is 11.1. The van der Waals surface area contributed by atoms with E-state index in [4.69, 9.17) is 0 Å².